The van der Waals surface area contributed by atoms with Gasteiger partial charge in [0.2, 0.25) is 0 Å². The average Bonchev–Trinajstić information content (AvgIpc) is 2.39. The number of carbonyl (C=O) groups excluding carboxylic acids is 1. The van der Waals surface area contributed by atoms with E-state index in [1.165, 1.54) is 0 Å². The maximum absolute atomic E-state index is 13.4. The normalized spacial score (nSPS) is 12.2. The van der Waals surface area contributed by atoms with Crippen molar-refractivity contribution >= 4 is 32.7 Å². The fourth-order valence-electron chi connectivity index (χ4n) is 1.64. The van der Waals surface area contributed by atoms with Gasteiger partial charge in [-0.05, 0) is 42.0 Å². The smallest absolute Gasteiger partial charge is 0.381 e. The lowest BCUT2D eigenvalue weighted by atomic mass is 10.1. The lowest BCUT2D eigenvalue weighted by molar-refractivity contribution is -0.159. The number of ether oxygens (including phenoxy) is 2. The van der Waals surface area contributed by atoms with Crippen LogP contribution in [-0.4, -0.2) is 18.9 Å². The Labute approximate surface area is 118 Å². The zero-order chi connectivity index (χ0) is 13.8. The highest BCUT2D eigenvalue weighted by Crippen LogP contribution is 2.24. The van der Waals surface area contributed by atoms with E-state index in [2.05, 4.69) is 20.7 Å². The van der Waals surface area contributed by atoms with Crippen LogP contribution in [0.3, 0.4) is 0 Å². The van der Waals surface area contributed by atoms with Gasteiger partial charge in [-0.2, -0.15) is 4.39 Å². The minimum absolute atomic E-state index is 0.119. The van der Waals surface area contributed by atoms with Crippen LogP contribution in [0.5, 0.6) is 5.75 Å². The molecule has 0 fully saturated rings. The Balaban J connectivity index is 2.17. The molecule has 2 aromatic carbocycles. The van der Waals surface area contributed by atoms with Crippen molar-refractivity contribution < 1.29 is 18.7 Å². The Bertz CT molecular complexity index is 600. The van der Waals surface area contributed by atoms with Gasteiger partial charge in [0.1, 0.15) is 5.75 Å². The van der Waals surface area contributed by atoms with Gasteiger partial charge in [0.05, 0.1) is 6.61 Å². The molecule has 0 spiro atoms. The predicted molar refractivity (Wildman–Crippen MR) is 73.8 cm³/mol. The molecule has 0 aliphatic carbocycles. The number of hydrogen-bond acceptors (Lipinski definition) is 3. The van der Waals surface area contributed by atoms with E-state index >= 15 is 0 Å². The third-order valence-corrected chi connectivity index (χ3v) is 2.98. The third-order valence-electron chi connectivity index (χ3n) is 2.49. The van der Waals surface area contributed by atoms with Crippen LogP contribution in [0.25, 0.3) is 10.8 Å². The van der Waals surface area contributed by atoms with Crippen LogP contribution in [0.4, 0.5) is 4.39 Å². The number of benzene rings is 2. The van der Waals surface area contributed by atoms with Crippen molar-refractivity contribution in [1.82, 2.24) is 0 Å². The minimum Gasteiger partial charge on any atom is -0.461 e. The molecule has 0 amide bonds. The summed E-state index contributed by atoms with van der Waals surface area (Å²) in [6.45, 7) is 1.73. The summed E-state index contributed by atoms with van der Waals surface area (Å²) in [6, 6.07) is 10.8. The third kappa shape index (κ3) is 3.44. The Kier molecular flexibility index (Phi) is 4.37. The van der Waals surface area contributed by atoms with Crippen LogP contribution in [-0.2, 0) is 9.53 Å². The molecular formula is C14H12BrFO3. The molecule has 0 saturated carbocycles. The molecule has 5 heteroatoms. The molecular weight excluding hydrogens is 315 g/mol. The monoisotopic (exact) mass is 326 g/mol. The van der Waals surface area contributed by atoms with Crippen molar-refractivity contribution in [2.24, 2.45) is 0 Å². The van der Waals surface area contributed by atoms with Crippen molar-refractivity contribution in [3.8, 4) is 5.75 Å². The summed E-state index contributed by atoms with van der Waals surface area (Å²) in [6.07, 6.45) is -2.10. The van der Waals surface area contributed by atoms with E-state index in [-0.39, 0.29) is 12.4 Å². The maximum Gasteiger partial charge on any atom is 0.381 e. The molecule has 1 unspecified atom stereocenters. The van der Waals surface area contributed by atoms with E-state index < -0.39 is 12.3 Å². The van der Waals surface area contributed by atoms with Gasteiger partial charge in [-0.25, -0.2) is 4.79 Å². The highest BCUT2D eigenvalue weighted by molar-refractivity contribution is 9.10. The highest BCUT2D eigenvalue weighted by atomic mass is 79.9. The topological polar surface area (TPSA) is 35.5 Å². The zero-order valence-corrected chi connectivity index (χ0v) is 11.8. The van der Waals surface area contributed by atoms with E-state index in [1.807, 2.05) is 18.2 Å². The number of carbonyl (C=O) groups is 1. The molecule has 0 aliphatic heterocycles. The standard InChI is InChI=1S/C14H12BrFO3/c1-2-18-14(17)13(16)19-12-6-4-9-7-11(15)5-3-10(9)8-12/h3-8,13H,2H2,1H3. The average molecular weight is 327 g/mol. The first-order valence-electron chi connectivity index (χ1n) is 5.77. The van der Waals surface area contributed by atoms with Crippen molar-refractivity contribution in [3.05, 3.63) is 40.9 Å². The Hall–Kier alpha value is -1.62. The van der Waals surface area contributed by atoms with E-state index in [4.69, 9.17) is 4.74 Å². The molecule has 0 aliphatic rings. The van der Waals surface area contributed by atoms with E-state index in [0.717, 1.165) is 15.2 Å². The lowest BCUT2D eigenvalue weighted by Gasteiger charge is -2.11. The summed E-state index contributed by atoms with van der Waals surface area (Å²) < 4.78 is 23.8. The van der Waals surface area contributed by atoms with Crippen molar-refractivity contribution in [1.29, 1.82) is 0 Å². The molecule has 1 atom stereocenters. The van der Waals surface area contributed by atoms with E-state index in [1.54, 1.807) is 25.1 Å². The molecule has 0 heterocycles. The Morgan fingerprint density at radius 2 is 1.95 bits per heavy atom. The van der Waals surface area contributed by atoms with Gasteiger partial charge in [-0.1, -0.05) is 28.1 Å². The van der Waals surface area contributed by atoms with Crippen LogP contribution in [0.2, 0.25) is 0 Å². The van der Waals surface area contributed by atoms with Gasteiger partial charge in [0, 0.05) is 4.47 Å². The van der Waals surface area contributed by atoms with Gasteiger partial charge < -0.3 is 9.47 Å². The lowest BCUT2D eigenvalue weighted by Crippen LogP contribution is -2.24. The largest absolute Gasteiger partial charge is 0.461 e. The van der Waals surface area contributed by atoms with Crippen LogP contribution in [0.15, 0.2) is 40.9 Å². The minimum atomic E-state index is -2.10. The molecule has 2 aromatic rings. The van der Waals surface area contributed by atoms with Crippen LogP contribution >= 0.6 is 15.9 Å². The first-order valence-corrected chi connectivity index (χ1v) is 6.56. The summed E-state index contributed by atoms with van der Waals surface area (Å²) in [5.41, 5.74) is 0. The van der Waals surface area contributed by atoms with Crippen LogP contribution in [0.1, 0.15) is 6.92 Å². The SMILES string of the molecule is CCOC(=O)C(F)Oc1ccc2cc(Br)ccc2c1. The molecule has 0 saturated heterocycles. The van der Waals surface area contributed by atoms with Crippen molar-refractivity contribution in [3.63, 3.8) is 0 Å². The highest BCUT2D eigenvalue weighted by Gasteiger charge is 2.20. The fraction of sp³-hybridized carbons (Fsp3) is 0.214. The fourth-order valence-corrected chi connectivity index (χ4v) is 2.02. The predicted octanol–water partition coefficient (Wildman–Crippen LogP) is 3.84. The molecule has 0 radical (unpaired) electrons. The summed E-state index contributed by atoms with van der Waals surface area (Å²) >= 11 is 3.38. The Morgan fingerprint density at radius 3 is 2.68 bits per heavy atom. The van der Waals surface area contributed by atoms with Crippen LogP contribution < -0.4 is 4.74 Å². The number of rotatable bonds is 4. The van der Waals surface area contributed by atoms with Gasteiger partial charge >= 0.3 is 12.3 Å². The summed E-state index contributed by atoms with van der Waals surface area (Å²) in [7, 11) is 0. The molecule has 0 N–H and O–H groups in total. The number of alkyl halides is 1. The van der Waals surface area contributed by atoms with Gasteiger partial charge in [-0.3, -0.25) is 0 Å². The number of esters is 1. The first-order chi connectivity index (χ1) is 9.10. The van der Waals surface area contributed by atoms with Gasteiger partial charge in [0.15, 0.2) is 0 Å². The number of hydrogen-bond donors (Lipinski definition) is 0. The molecule has 100 valence electrons. The molecule has 0 bridgehead atoms. The molecule has 0 aromatic heterocycles. The number of halogens is 2. The molecule has 3 nitrogen and oxygen atoms in total. The molecule has 19 heavy (non-hydrogen) atoms. The van der Waals surface area contributed by atoms with E-state index in [0.29, 0.717) is 0 Å². The number of fused-ring (bicyclic) bond motifs is 1. The van der Waals surface area contributed by atoms with Crippen LogP contribution in [0, 0.1) is 0 Å². The van der Waals surface area contributed by atoms with Crippen molar-refractivity contribution in [2.45, 2.75) is 13.3 Å². The summed E-state index contributed by atoms with van der Waals surface area (Å²) in [5.74, 6) is -0.728. The summed E-state index contributed by atoms with van der Waals surface area (Å²) in [4.78, 5) is 11.1. The molecule has 2 rings (SSSR count). The first kappa shape index (κ1) is 13.8. The van der Waals surface area contributed by atoms with Gasteiger partial charge in [-0.15, -0.1) is 0 Å². The quantitative estimate of drug-likeness (QED) is 0.801. The zero-order valence-electron chi connectivity index (χ0n) is 10.2. The van der Waals surface area contributed by atoms with Crippen molar-refractivity contribution in [2.75, 3.05) is 6.61 Å². The second-order valence-electron chi connectivity index (χ2n) is 3.84. The maximum atomic E-state index is 13.4. The second-order valence-corrected chi connectivity index (χ2v) is 4.75. The summed E-state index contributed by atoms with van der Waals surface area (Å²) in [5, 5.41) is 1.89. The Morgan fingerprint density at radius 1 is 1.26 bits per heavy atom. The second kappa shape index (κ2) is 6.02. The van der Waals surface area contributed by atoms with Gasteiger partial charge in [0.25, 0.3) is 0 Å². The van der Waals surface area contributed by atoms with E-state index in [9.17, 15) is 9.18 Å².